The first-order valence-electron chi connectivity index (χ1n) is 7.60. The normalized spacial score (nSPS) is 39.2. The summed E-state index contributed by atoms with van der Waals surface area (Å²) in [5.74, 6) is 1.99. The fraction of sp³-hybridized carbons (Fsp3) is 0.933. The van der Waals surface area contributed by atoms with Crippen molar-refractivity contribution in [1.29, 1.82) is 0 Å². The largest absolute Gasteiger partial charge is 0.353 e. The van der Waals surface area contributed by atoms with Crippen molar-refractivity contribution in [2.75, 3.05) is 6.54 Å². The molecule has 0 aromatic heterocycles. The number of carbonyl (C=O) groups excluding carboxylic acids is 1. The van der Waals surface area contributed by atoms with Crippen LogP contribution in [0.25, 0.3) is 0 Å². The van der Waals surface area contributed by atoms with Crippen LogP contribution in [0.5, 0.6) is 0 Å². The van der Waals surface area contributed by atoms with Gasteiger partial charge in [-0.2, -0.15) is 0 Å². The molecule has 19 heavy (non-hydrogen) atoms. The molecule has 1 aliphatic carbocycles. The molecular formula is C15H29ClN2O. The molecule has 0 aromatic carbocycles. The minimum atomic E-state index is 0. The minimum Gasteiger partial charge on any atom is -0.353 e. The minimum absolute atomic E-state index is 0. The molecule has 5 atom stereocenters. The second-order valence-electron chi connectivity index (χ2n) is 6.59. The first-order chi connectivity index (χ1) is 8.56. The molecule has 1 amide bonds. The van der Waals surface area contributed by atoms with Crippen LogP contribution in [0.3, 0.4) is 0 Å². The lowest BCUT2D eigenvalue weighted by Crippen LogP contribution is -2.48. The first-order valence-corrected chi connectivity index (χ1v) is 7.60. The molecule has 1 aliphatic heterocycles. The third-order valence-corrected chi connectivity index (χ3v) is 4.75. The van der Waals surface area contributed by atoms with Gasteiger partial charge in [-0.3, -0.25) is 4.79 Å². The van der Waals surface area contributed by atoms with Crippen molar-refractivity contribution in [3.8, 4) is 0 Å². The lowest BCUT2D eigenvalue weighted by molar-refractivity contribution is -0.127. The summed E-state index contributed by atoms with van der Waals surface area (Å²) in [5.41, 5.74) is 0. The van der Waals surface area contributed by atoms with Crippen molar-refractivity contribution in [3.63, 3.8) is 0 Å². The Balaban J connectivity index is 0.00000180. The molecule has 2 N–H and O–H groups in total. The molecule has 1 saturated carbocycles. The maximum absolute atomic E-state index is 12.3. The van der Waals surface area contributed by atoms with E-state index in [9.17, 15) is 4.79 Å². The van der Waals surface area contributed by atoms with Gasteiger partial charge in [0, 0.05) is 18.0 Å². The van der Waals surface area contributed by atoms with Crippen LogP contribution in [0, 0.1) is 17.8 Å². The van der Waals surface area contributed by atoms with Gasteiger partial charge in [-0.15, -0.1) is 12.4 Å². The molecule has 2 rings (SSSR count). The van der Waals surface area contributed by atoms with E-state index < -0.39 is 0 Å². The summed E-state index contributed by atoms with van der Waals surface area (Å²) < 4.78 is 0. The maximum Gasteiger partial charge on any atom is 0.223 e. The van der Waals surface area contributed by atoms with Gasteiger partial charge >= 0.3 is 0 Å². The molecule has 1 saturated heterocycles. The molecule has 112 valence electrons. The summed E-state index contributed by atoms with van der Waals surface area (Å²) in [6, 6.07) is 0.900. The molecular weight excluding hydrogens is 260 g/mol. The van der Waals surface area contributed by atoms with Crippen molar-refractivity contribution < 1.29 is 4.79 Å². The number of piperidine rings is 1. The van der Waals surface area contributed by atoms with Crippen LogP contribution in [0.15, 0.2) is 0 Å². The van der Waals surface area contributed by atoms with Crippen LogP contribution >= 0.6 is 12.4 Å². The molecule has 2 aliphatic rings. The van der Waals surface area contributed by atoms with E-state index in [4.69, 9.17) is 0 Å². The highest BCUT2D eigenvalue weighted by Gasteiger charge is 2.30. The summed E-state index contributed by atoms with van der Waals surface area (Å²) in [5, 5.41) is 6.72. The molecule has 0 aromatic rings. The topological polar surface area (TPSA) is 41.1 Å². The first kappa shape index (κ1) is 16.8. The van der Waals surface area contributed by atoms with E-state index in [-0.39, 0.29) is 18.3 Å². The van der Waals surface area contributed by atoms with E-state index in [1.54, 1.807) is 0 Å². The van der Waals surface area contributed by atoms with E-state index in [0.29, 0.717) is 23.9 Å². The molecule has 0 radical (unpaired) electrons. The fourth-order valence-electron chi connectivity index (χ4n) is 3.55. The second-order valence-corrected chi connectivity index (χ2v) is 6.59. The molecule has 3 nitrogen and oxygen atoms in total. The van der Waals surface area contributed by atoms with Crippen molar-refractivity contribution in [2.24, 2.45) is 17.8 Å². The lowest BCUT2D eigenvalue weighted by Gasteiger charge is -2.35. The van der Waals surface area contributed by atoms with Crippen molar-refractivity contribution in [2.45, 2.75) is 65.0 Å². The molecule has 2 fully saturated rings. The molecule has 1 heterocycles. The van der Waals surface area contributed by atoms with Gasteiger partial charge < -0.3 is 10.6 Å². The Kier molecular flexibility index (Phi) is 6.61. The van der Waals surface area contributed by atoms with Gasteiger partial charge in [-0.25, -0.2) is 0 Å². The third-order valence-electron chi connectivity index (χ3n) is 4.75. The summed E-state index contributed by atoms with van der Waals surface area (Å²) in [6.45, 7) is 7.76. The van der Waals surface area contributed by atoms with Gasteiger partial charge in [0.05, 0.1) is 0 Å². The monoisotopic (exact) mass is 288 g/mol. The summed E-state index contributed by atoms with van der Waals surface area (Å²) in [6.07, 6.45) is 5.66. The Hall–Kier alpha value is -0.280. The smallest absolute Gasteiger partial charge is 0.223 e. The van der Waals surface area contributed by atoms with E-state index >= 15 is 0 Å². The molecule has 4 heteroatoms. The Morgan fingerprint density at radius 1 is 1.11 bits per heavy atom. The van der Waals surface area contributed by atoms with Crippen molar-refractivity contribution in [3.05, 3.63) is 0 Å². The van der Waals surface area contributed by atoms with Crippen LogP contribution < -0.4 is 10.6 Å². The lowest BCUT2D eigenvalue weighted by atomic mass is 9.79. The summed E-state index contributed by atoms with van der Waals surface area (Å²) in [4.78, 5) is 12.3. The van der Waals surface area contributed by atoms with Gasteiger partial charge in [-0.1, -0.05) is 13.8 Å². The van der Waals surface area contributed by atoms with E-state index in [1.165, 1.54) is 12.8 Å². The van der Waals surface area contributed by atoms with Crippen LogP contribution in [-0.4, -0.2) is 24.5 Å². The van der Waals surface area contributed by atoms with Gasteiger partial charge in [0.1, 0.15) is 0 Å². The Labute approximate surface area is 123 Å². The number of hydrogen-bond acceptors (Lipinski definition) is 2. The van der Waals surface area contributed by atoms with E-state index in [1.807, 2.05) is 0 Å². The number of halogens is 1. The predicted molar refractivity (Wildman–Crippen MR) is 81.5 cm³/mol. The quantitative estimate of drug-likeness (QED) is 0.820. The standard InChI is InChI=1S/C15H28N2O.ClH/c1-10-4-5-14(11(2)8-10)17-15(18)13-6-7-16-12(3)9-13;/h10-14,16H,4-9H2,1-3H3,(H,17,18);1H/t10?,11?,12-,13-,14?;/m0./s1. The molecule has 0 spiro atoms. The van der Waals surface area contributed by atoms with Gasteiger partial charge in [-0.05, 0) is 57.4 Å². The van der Waals surface area contributed by atoms with Crippen LogP contribution in [0.2, 0.25) is 0 Å². The Morgan fingerprint density at radius 2 is 1.84 bits per heavy atom. The second kappa shape index (κ2) is 7.49. The average molecular weight is 289 g/mol. The van der Waals surface area contributed by atoms with Gasteiger partial charge in [0.2, 0.25) is 5.91 Å². The van der Waals surface area contributed by atoms with Crippen LogP contribution in [0.1, 0.15) is 52.9 Å². The number of nitrogens with one attached hydrogen (secondary N) is 2. The van der Waals surface area contributed by atoms with Crippen molar-refractivity contribution >= 4 is 18.3 Å². The summed E-state index contributed by atoms with van der Waals surface area (Å²) >= 11 is 0. The summed E-state index contributed by atoms with van der Waals surface area (Å²) in [7, 11) is 0. The van der Waals surface area contributed by atoms with Crippen LogP contribution in [-0.2, 0) is 4.79 Å². The zero-order chi connectivity index (χ0) is 13.1. The number of carbonyl (C=O) groups is 1. The Morgan fingerprint density at radius 3 is 2.47 bits per heavy atom. The zero-order valence-electron chi connectivity index (χ0n) is 12.4. The predicted octanol–water partition coefficient (Wildman–Crippen LogP) is 2.74. The maximum atomic E-state index is 12.3. The van der Waals surface area contributed by atoms with E-state index in [0.717, 1.165) is 31.7 Å². The average Bonchev–Trinajstić information content (AvgIpc) is 2.32. The SMILES string of the molecule is CC1CCC(NC(=O)[C@H]2CCN[C@@H](C)C2)C(C)C1.Cl. The Bertz CT molecular complexity index is 298. The third kappa shape index (κ3) is 4.64. The highest BCUT2D eigenvalue weighted by Crippen LogP contribution is 2.29. The number of rotatable bonds is 2. The van der Waals surface area contributed by atoms with Crippen LogP contribution in [0.4, 0.5) is 0 Å². The highest BCUT2D eigenvalue weighted by molar-refractivity contribution is 5.85. The zero-order valence-corrected chi connectivity index (χ0v) is 13.3. The van der Waals surface area contributed by atoms with Gasteiger partial charge in [0.15, 0.2) is 0 Å². The fourth-order valence-corrected chi connectivity index (χ4v) is 3.55. The number of amides is 1. The van der Waals surface area contributed by atoms with E-state index in [2.05, 4.69) is 31.4 Å². The number of hydrogen-bond donors (Lipinski definition) is 2. The molecule has 0 bridgehead atoms. The van der Waals surface area contributed by atoms with Gasteiger partial charge in [0.25, 0.3) is 0 Å². The highest BCUT2D eigenvalue weighted by atomic mass is 35.5. The van der Waals surface area contributed by atoms with Crippen molar-refractivity contribution in [1.82, 2.24) is 10.6 Å². The molecule has 3 unspecified atom stereocenters.